The van der Waals surface area contributed by atoms with Gasteiger partial charge in [0.2, 0.25) is 0 Å². The number of anilines is 2. The molecule has 0 atom stereocenters. The largest absolute Gasteiger partial charge is 0.453 e. The number of hydrogen-bond acceptors (Lipinski definition) is 6. The first kappa shape index (κ1) is 19.4. The van der Waals surface area contributed by atoms with Gasteiger partial charge in [-0.3, -0.25) is 14.7 Å². The molecule has 4 aromatic rings. The number of aromatic nitrogens is 4. The molecule has 1 aromatic carbocycles. The molecule has 0 saturated heterocycles. The normalized spacial score (nSPS) is 10.8. The van der Waals surface area contributed by atoms with Crippen molar-refractivity contribution in [2.24, 2.45) is 0 Å². The number of hydrogen-bond donors (Lipinski definition) is 1. The maximum Gasteiger partial charge on any atom is 0.411 e. The van der Waals surface area contributed by atoms with Crippen LogP contribution < -0.4 is 10.2 Å². The van der Waals surface area contributed by atoms with Gasteiger partial charge in [-0.15, -0.1) is 0 Å². The van der Waals surface area contributed by atoms with Crippen LogP contribution in [0.25, 0.3) is 16.9 Å². The molecular weight excluding hydrogens is 380 g/mol. The van der Waals surface area contributed by atoms with Gasteiger partial charge in [0.1, 0.15) is 5.82 Å². The van der Waals surface area contributed by atoms with Crippen LogP contribution in [-0.2, 0) is 11.3 Å². The average molecular weight is 402 g/mol. The summed E-state index contributed by atoms with van der Waals surface area (Å²) in [6.45, 7) is 2.64. The summed E-state index contributed by atoms with van der Waals surface area (Å²) in [5.41, 5.74) is 5.37. The summed E-state index contributed by atoms with van der Waals surface area (Å²) in [5, 5.41) is 2.65. The maximum atomic E-state index is 11.4. The predicted molar refractivity (Wildman–Crippen MR) is 116 cm³/mol. The quantitative estimate of drug-likeness (QED) is 0.545. The summed E-state index contributed by atoms with van der Waals surface area (Å²) in [7, 11) is 3.32. The number of methoxy groups -OCH3 is 1. The number of imidazole rings is 1. The number of amides is 1. The monoisotopic (exact) mass is 402 g/mol. The molecule has 1 N–H and O–H groups in total. The molecule has 3 heterocycles. The Morgan fingerprint density at radius 2 is 1.87 bits per heavy atom. The van der Waals surface area contributed by atoms with Gasteiger partial charge in [-0.25, -0.2) is 14.8 Å². The molecule has 0 spiro atoms. The van der Waals surface area contributed by atoms with Gasteiger partial charge in [0, 0.05) is 30.7 Å². The van der Waals surface area contributed by atoms with E-state index >= 15 is 0 Å². The number of nitrogens with one attached hydrogen (secondary N) is 1. The number of fused-ring (bicyclic) bond motifs is 1. The van der Waals surface area contributed by atoms with Crippen molar-refractivity contribution in [1.29, 1.82) is 0 Å². The highest BCUT2D eigenvalue weighted by Crippen LogP contribution is 2.23. The summed E-state index contributed by atoms with van der Waals surface area (Å²) < 4.78 is 6.63. The van der Waals surface area contributed by atoms with E-state index in [-0.39, 0.29) is 0 Å². The zero-order valence-corrected chi connectivity index (χ0v) is 17.0. The Hall–Kier alpha value is -3.94. The van der Waals surface area contributed by atoms with Crippen molar-refractivity contribution in [3.05, 3.63) is 72.4 Å². The van der Waals surface area contributed by atoms with Gasteiger partial charge in [0.15, 0.2) is 5.65 Å². The molecule has 0 unspecified atom stereocenters. The second-order valence-corrected chi connectivity index (χ2v) is 6.99. The SMILES string of the molecule is COC(=O)Nc1ccc(-c2cnc3cnc(CN(C)c4ccc(C)cn4)cn23)cc1. The van der Waals surface area contributed by atoms with E-state index in [1.54, 1.807) is 6.20 Å². The fourth-order valence-corrected chi connectivity index (χ4v) is 3.13. The van der Waals surface area contributed by atoms with Gasteiger partial charge < -0.3 is 9.64 Å². The molecule has 0 radical (unpaired) electrons. The Bertz CT molecular complexity index is 1170. The number of carbonyl (C=O) groups excluding carboxylic acids is 1. The van der Waals surface area contributed by atoms with Crippen molar-refractivity contribution in [1.82, 2.24) is 19.4 Å². The second kappa shape index (κ2) is 8.20. The van der Waals surface area contributed by atoms with E-state index < -0.39 is 6.09 Å². The molecule has 30 heavy (non-hydrogen) atoms. The summed E-state index contributed by atoms with van der Waals surface area (Å²) >= 11 is 0. The Morgan fingerprint density at radius 1 is 1.07 bits per heavy atom. The van der Waals surface area contributed by atoms with E-state index in [4.69, 9.17) is 0 Å². The first-order valence-corrected chi connectivity index (χ1v) is 9.44. The van der Waals surface area contributed by atoms with E-state index in [2.05, 4.69) is 29.9 Å². The standard InChI is InChI=1S/C22H22N6O2/c1-15-4-9-20(24-10-15)27(2)13-18-14-28-19(11-25-21(28)12-23-18)16-5-7-17(8-6-16)26-22(29)30-3/h4-12,14H,13H2,1-3H3,(H,26,29). The minimum absolute atomic E-state index is 0.500. The topological polar surface area (TPSA) is 84.6 Å². The number of benzene rings is 1. The van der Waals surface area contributed by atoms with Crippen LogP contribution in [-0.4, -0.2) is 39.6 Å². The van der Waals surface area contributed by atoms with Crippen LogP contribution in [0.15, 0.2) is 61.2 Å². The number of ether oxygens (including phenoxy) is 1. The first-order chi connectivity index (χ1) is 14.5. The lowest BCUT2D eigenvalue weighted by molar-refractivity contribution is 0.187. The average Bonchev–Trinajstić information content (AvgIpc) is 3.18. The third-order valence-corrected chi connectivity index (χ3v) is 4.75. The van der Waals surface area contributed by atoms with Crippen molar-refractivity contribution >= 4 is 23.2 Å². The van der Waals surface area contributed by atoms with Crippen LogP contribution in [0.1, 0.15) is 11.3 Å². The maximum absolute atomic E-state index is 11.4. The molecule has 1 amide bonds. The fraction of sp³-hybridized carbons (Fsp3) is 0.182. The van der Waals surface area contributed by atoms with E-state index in [0.29, 0.717) is 12.2 Å². The third-order valence-electron chi connectivity index (χ3n) is 4.75. The summed E-state index contributed by atoms with van der Waals surface area (Å²) in [6.07, 6.45) is 6.93. The van der Waals surface area contributed by atoms with E-state index in [0.717, 1.165) is 34.0 Å². The van der Waals surface area contributed by atoms with E-state index in [1.165, 1.54) is 7.11 Å². The Kier molecular flexibility index (Phi) is 5.30. The molecule has 8 heteroatoms. The molecule has 3 aromatic heterocycles. The number of aryl methyl sites for hydroxylation is 1. The van der Waals surface area contributed by atoms with Crippen LogP contribution in [0.2, 0.25) is 0 Å². The van der Waals surface area contributed by atoms with Crippen molar-refractivity contribution in [3.63, 3.8) is 0 Å². The molecule has 0 aliphatic rings. The van der Waals surface area contributed by atoms with Gasteiger partial charge in [-0.1, -0.05) is 18.2 Å². The van der Waals surface area contributed by atoms with Crippen LogP contribution in [0, 0.1) is 6.92 Å². The van der Waals surface area contributed by atoms with Crippen LogP contribution in [0.5, 0.6) is 0 Å². The minimum atomic E-state index is -0.500. The molecule has 0 saturated carbocycles. The second-order valence-electron chi connectivity index (χ2n) is 6.99. The first-order valence-electron chi connectivity index (χ1n) is 9.44. The molecule has 152 valence electrons. The summed E-state index contributed by atoms with van der Waals surface area (Å²) in [5.74, 6) is 0.891. The summed E-state index contributed by atoms with van der Waals surface area (Å²) in [4.78, 5) is 26.9. The molecule has 8 nitrogen and oxygen atoms in total. The lowest BCUT2D eigenvalue weighted by Crippen LogP contribution is -2.18. The number of nitrogens with zero attached hydrogens (tertiary/aromatic N) is 5. The van der Waals surface area contributed by atoms with Crippen LogP contribution >= 0.6 is 0 Å². The lowest BCUT2D eigenvalue weighted by atomic mass is 10.1. The van der Waals surface area contributed by atoms with Crippen molar-refractivity contribution < 1.29 is 9.53 Å². The van der Waals surface area contributed by atoms with Gasteiger partial charge >= 0.3 is 6.09 Å². The summed E-state index contributed by atoms with van der Waals surface area (Å²) in [6, 6.07) is 11.5. The van der Waals surface area contributed by atoms with E-state index in [9.17, 15) is 4.79 Å². The Labute approximate surface area is 174 Å². The number of pyridine rings is 1. The fourth-order valence-electron chi connectivity index (χ4n) is 3.13. The molecule has 4 rings (SSSR count). The molecule has 0 bridgehead atoms. The number of rotatable bonds is 5. The van der Waals surface area contributed by atoms with E-state index in [1.807, 2.05) is 73.4 Å². The molecular formula is C22H22N6O2. The zero-order valence-electron chi connectivity index (χ0n) is 17.0. The van der Waals surface area contributed by atoms with Crippen molar-refractivity contribution in [3.8, 4) is 11.3 Å². The van der Waals surface area contributed by atoms with Crippen LogP contribution in [0.3, 0.4) is 0 Å². The van der Waals surface area contributed by atoms with Gasteiger partial charge in [0.05, 0.1) is 37.4 Å². The number of carbonyl (C=O) groups is 1. The highest BCUT2D eigenvalue weighted by molar-refractivity contribution is 5.85. The molecule has 0 aliphatic heterocycles. The van der Waals surface area contributed by atoms with Gasteiger partial charge in [-0.2, -0.15) is 0 Å². The van der Waals surface area contributed by atoms with Gasteiger partial charge in [-0.05, 0) is 30.7 Å². The highest BCUT2D eigenvalue weighted by Gasteiger charge is 2.10. The smallest absolute Gasteiger partial charge is 0.411 e. The third kappa shape index (κ3) is 4.07. The Balaban J connectivity index is 1.58. The Morgan fingerprint density at radius 3 is 2.57 bits per heavy atom. The molecule has 0 aliphatic carbocycles. The minimum Gasteiger partial charge on any atom is -0.453 e. The highest BCUT2D eigenvalue weighted by atomic mass is 16.5. The predicted octanol–water partition coefficient (Wildman–Crippen LogP) is 3.91. The van der Waals surface area contributed by atoms with Crippen molar-refractivity contribution in [2.75, 3.05) is 24.4 Å². The zero-order chi connectivity index (χ0) is 21.1. The lowest BCUT2D eigenvalue weighted by Gasteiger charge is -2.18. The van der Waals surface area contributed by atoms with Gasteiger partial charge in [0.25, 0.3) is 0 Å². The van der Waals surface area contributed by atoms with Crippen molar-refractivity contribution in [2.45, 2.75) is 13.5 Å². The van der Waals surface area contributed by atoms with Crippen LogP contribution in [0.4, 0.5) is 16.3 Å². The molecule has 0 fully saturated rings.